The molecule has 0 spiro atoms. The first-order chi connectivity index (χ1) is 12.0. The molecule has 138 valence electrons. The van der Waals surface area contributed by atoms with Gasteiger partial charge < -0.3 is 9.64 Å². The Hall–Kier alpha value is -1.46. The van der Waals surface area contributed by atoms with Crippen LogP contribution in [0.4, 0.5) is 4.39 Å². The number of likely N-dealkylation sites (N-methyl/N-ethyl adjacent to an activating group) is 1. The van der Waals surface area contributed by atoms with Crippen LogP contribution in [-0.4, -0.2) is 55.0 Å². The van der Waals surface area contributed by atoms with Crippen LogP contribution >= 0.6 is 0 Å². The van der Waals surface area contributed by atoms with Crippen molar-refractivity contribution >= 4 is 5.91 Å². The molecule has 25 heavy (non-hydrogen) atoms. The summed E-state index contributed by atoms with van der Waals surface area (Å²) in [7, 11) is 2.07. The predicted molar refractivity (Wildman–Crippen MR) is 95.7 cm³/mol. The van der Waals surface area contributed by atoms with E-state index in [9.17, 15) is 9.18 Å². The molecule has 1 aromatic rings. The van der Waals surface area contributed by atoms with Gasteiger partial charge in [-0.25, -0.2) is 4.39 Å². The minimum atomic E-state index is -0.254. The number of carbonyl (C=O) groups is 1. The lowest BCUT2D eigenvalue weighted by Gasteiger charge is -2.38. The standard InChI is InChI=1S/C20H29FN2O2/c1-15-5-3-4-6-18(15)22(2)14-20(24)23-11-12-25-19(13-23)16-7-9-17(21)10-8-16/h7-10,15,18-19H,3-6,11-14H2,1-2H3. The Balaban J connectivity index is 1.57. The fraction of sp³-hybridized carbons (Fsp3) is 0.650. The number of halogens is 1. The Labute approximate surface area is 149 Å². The van der Waals surface area contributed by atoms with Crippen molar-refractivity contribution in [3.05, 3.63) is 35.6 Å². The highest BCUT2D eigenvalue weighted by Gasteiger charge is 2.29. The molecule has 0 radical (unpaired) electrons. The highest BCUT2D eigenvalue weighted by Crippen LogP contribution is 2.28. The van der Waals surface area contributed by atoms with Gasteiger partial charge in [0, 0.05) is 12.6 Å². The van der Waals surface area contributed by atoms with E-state index in [1.165, 1.54) is 37.8 Å². The number of benzene rings is 1. The minimum absolute atomic E-state index is 0.163. The van der Waals surface area contributed by atoms with Gasteiger partial charge in [0.2, 0.25) is 5.91 Å². The molecule has 0 aromatic heterocycles. The molecular weight excluding hydrogens is 319 g/mol. The van der Waals surface area contributed by atoms with Gasteiger partial charge in [-0.1, -0.05) is 31.9 Å². The molecule has 0 bridgehead atoms. The van der Waals surface area contributed by atoms with Gasteiger partial charge in [0.15, 0.2) is 0 Å². The van der Waals surface area contributed by atoms with Gasteiger partial charge in [0.25, 0.3) is 0 Å². The molecule has 0 N–H and O–H groups in total. The molecule has 1 saturated carbocycles. The van der Waals surface area contributed by atoms with E-state index in [4.69, 9.17) is 4.74 Å². The van der Waals surface area contributed by atoms with Gasteiger partial charge in [-0.05, 0) is 43.5 Å². The van der Waals surface area contributed by atoms with E-state index in [0.29, 0.717) is 38.2 Å². The van der Waals surface area contributed by atoms with E-state index in [1.807, 2.05) is 4.90 Å². The maximum absolute atomic E-state index is 13.1. The Morgan fingerprint density at radius 2 is 2.00 bits per heavy atom. The van der Waals surface area contributed by atoms with Crippen molar-refractivity contribution < 1.29 is 13.9 Å². The van der Waals surface area contributed by atoms with Gasteiger partial charge in [0.05, 0.1) is 19.7 Å². The van der Waals surface area contributed by atoms with Crippen molar-refractivity contribution in [3.8, 4) is 0 Å². The fourth-order valence-electron chi connectivity index (χ4n) is 4.14. The first-order valence-electron chi connectivity index (χ1n) is 9.39. The summed E-state index contributed by atoms with van der Waals surface area (Å²) in [6.45, 7) is 4.45. The average Bonchev–Trinajstić information content (AvgIpc) is 2.62. The van der Waals surface area contributed by atoms with Crippen molar-refractivity contribution in [2.75, 3.05) is 33.3 Å². The number of nitrogens with zero attached hydrogens (tertiary/aromatic N) is 2. The third-order valence-electron chi connectivity index (χ3n) is 5.68. The summed E-state index contributed by atoms with van der Waals surface area (Å²) in [5, 5.41) is 0. The highest BCUT2D eigenvalue weighted by atomic mass is 19.1. The van der Waals surface area contributed by atoms with Gasteiger partial charge in [-0.2, -0.15) is 0 Å². The Kier molecular flexibility index (Phi) is 6.07. The smallest absolute Gasteiger partial charge is 0.236 e. The molecule has 5 heteroatoms. The molecule has 3 atom stereocenters. The van der Waals surface area contributed by atoms with Crippen LogP contribution in [0.3, 0.4) is 0 Å². The van der Waals surface area contributed by atoms with Crippen LogP contribution in [0.1, 0.15) is 44.3 Å². The molecular formula is C20H29FN2O2. The van der Waals surface area contributed by atoms with Crippen molar-refractivity contribution in [1.82, 2.24) is 9.80 Å². The summed E-state index contributed by atoms with van der Waals surface area (Å²) < 4.78 is 18.9. The average molecular weight is 348 g/mol. The molecule has 1 aliphatic carbocycles. The van der Waals surface area contributed by atoms with Gasteiger partial charge in [0.1, 0.15) is 11.9 Å². The SMILES string of the molecule is CC1CCCCC1N(C)CC(=O)N1CCOC(c2ccc(F)cc2)C1. The molecule has 2 aliphatic rings. The lowest BCUT2D eigenvalue weighted by molar-refractivity contribution is -0.140. The lowest BCUT2D eigenvalue weighted by Crippen LogP contribution is -2.49. The van der Waals surface area contributed by atoms with Gasteiger partial charge in [-0.3, -0.25) is 9.69 Å². The van der Waals surface area contributed by atoms with Crippen LogP contribution < -0.4 is 0 Å². The molecule has 3 unspecified atom stereocenters. The first-order valence-corrected chi connectivity index (χ1v) is 9.39. The molecule has 1 amide bonds. The number of hydrogen-bond donors (Lipinski definition) is 0. The second-order valence-electron chi connectivity index (χ2n) is 7.49. The van der Waals surface area contributed by atoms with Gasteiger partial charge >= 0.3 is 0 Å². The number of morpholine rings is 1. The zero-order valence-electron chi connectivity index (χ0n) is 15.3. The van der Waals surface area contributed by atoms with Crippen LogP contribution in [0, 0.1) is 11.7 Å². The molecule has 2 fully saturated rings. The van der Waals surface area contributed by atoms with Crippen LogP contribution in [0.5, 0.6) is 0 Å². The van der Waals surface area contributed by atoms with E-state index in [-0.39, 0.29) is 17.8 Å². The van der Waals surface area contributed by atoms with E-state index < -0.39 is 0 Å². The molecule has 1 aliphatic heterocycles. The van der Waals surface area contributed by atoms with E-state index in [0.717, 1.165) is 5.56 Å². The summed E-state index contributed by atoms with van der Waals surface area (Å²) in [5.74, 6) is 0.564. The van der Waals surface area contributed by atoms with Gasteiger partial charge in [-0.15, -0.1) is 0 Å². The molecule has 1 saturated heterocycles. The maximum atomic E-state index is 13.1. The van der Waals surface area contributed by atoms with Crippen LogP contribution in [-0.2, 0) is 9.53 Å². The summed E-state index contributed by atoms with van der Waals surface area (Å²) in [4.78, 5) is 16.9. The second-order valence-corrected chi connectivity index (χ2v) is 7.49. The van der Waals surface area contributed by atoms with Crippen molar-refractivity contribution in [1.29, 1.82) is 0 Å². The van der Waals surface area contributed by atoms with E-state index in [2.05, 4.69) is 18.9 Å². The maximum Gasteiger partial charge on any atom is 0.236 e. The minimum Gasteiger partial charge on any atom is -0.370 e. The number of amides is 1. The zero-order valence-corrected chi connectivity index (χ0v) is 15.3. The van der Waals surface area contributed by atoms with Crippen molar-refractivity contribution in [2.24, 2.45) is 5.92 Å². The Morgan fingerprint density at radius 1 is 1.28 bits per heavy atom. The number of hydrogen-bond acceptors (Lipinski definition) is 3. The zero-order chi connectivity index (χ0) is 17.8. The lowest BCUT2D eigenvalue weighted by atomic mass is 9.85. The third-order valence-corrected chi connectivity index (χ3v) is 5.68. The summed E-state index contributed by atoms with van der Waals surface area (Å²) in [6.07, 6.45) is 4.84. The Morgan fingerprint density at radius 3 is 2.72 bits per heavy atom. The first kappa shape index (κ1) is 18.3. The van der Waals surface area contributed by atoms with Crippen LogP contribution in [0.15, 0.2) is 24.3 Å². The Bertz CT molecular complexity index is 578. The van der Waals surface area contributed by atoms with Crippen molar-refractivity contribution in [2.45, 2.75) is 44.8 Å². The van der Waals surface area contributed by atoms with E-state index in [1.54, 1.807) is 12.1 Å². The monoisotopic (exact) mass is 348 g/mol. The van der Waals surface area contributed by atoms with Crippen molar-refractivity contribution in [3.63, 3.8) is 0 Å². The van der Waals surface area contributed by atoms with Crippen LogP contribution in [0.2, 0.25) is 0 Å². The fourth-order valence-corrected chi connectivity index (χ4v) is 4.14. The quantitative estimate of drug-likeness (QED) is 0.837. The topological polar surface area (TPSA) is 32.8 Å². The summed E-state index contributed by atoms with van der Waals surface area (Å²) in [6, 6.07) is 6.87. The van der Waals surface area contributed by atoms with Crippen LogP contribution in [0.25, 0.3) is 0 Å². The normalized spacial score (nSPS) is 27.5. The molecule has 1 heterocycles. The second kappa shape index (κ2) is 8.28. The number of ether oxygens (including phenoxy) is 1. The highest BCUT2D eigenvalue weighted by molar-refractivity contribution is 5.78. The summed E-state index contributed by atoms with van der Waals surface area (Å²) >= 11 is 0. The van der Waals surface area contributed by atoms with E-state index >= 15 is 0 Å². The molecule has 3 rings (SSSR count). The predicted octanol–water partition coefficient (Wildman–Crippen LogP) is 3.24. The third kappa shape index (κ3) is 4.59. The molecule has 4 nitrogen and oxygen atoms in total. The summed E-state index contributed by atoms with van der Waals surface area (Å²) in [5.41, 5.74) is 0.924. The number of carbonyl (C=O) groups excluding carboxylic acids is 1. The molecule has 1 aromatic carbocycles. The number of rotatable bonds is 4. The largest absolute Gasteiger partial charge is 0.370 e.